The molecule has 0 bridgehead atoms. The van der Waals surface area contributed by atoms with Crippen LogP contribution in [0.1, 0.15) is 48.5 Å². The number of aromatic nitrogens is 1. The van der Waals surface area contributed by atoms with Crippen LogP contribution in [0.15, 0.2) is 66.7 Å². The Morgan fingerprint density at radius 2 is 1.68 bits per heavy atom. The highest BCUT2D eigenvalue weighted by Gasteiger charge is 2.27. The fourth-order valence-electron chi connectivity index (χ4n) is 3.57. The number of carbonyl (C=O) groups is 2. The maximum Gasteiger partial charge on any atom is 0.252 e. The molecule has 1 aromatic heterocycles. The van der Waals surface area contributed by atoms with Crippen molar-refractivity contribution in [1.29, 1.82) is 0 Å². The van der Waals surface area contributed by atoms with Crippen molar-refractivity contribution < 1.29 is 9.59 Å². The number of nitrogens with two attached hydrogens (primary N) is 1. The number of ketones is 1. The lowest BCUT2D eigenvalue weighted by atomic mass is 10.00. The molecule has 0 aliphatic heterocycles. The van der Waals surface area contributed by atoms with Gasteiger partial charge in [0.1, 0.15) is 6.04 Å². The molecule has 3 N–H and O–H groups in total. The molecule has 1 amide bonds. The van der Waals surface area contributed by atoms with Crippen LogP contribution in [0.3, 0.4) is 0 Å². The minimum atomic E-state index is -0.847. The second-order valence-corrected chi connectivity index (χ2v) is 8.61. The monoisotopic (exact) mass is 429 g/mol. The molecule has 1 heterocycles. The van der Waals surface area contributed by atoms with Gasteiger partial charge >= 0.3 is 0 Å². The molecule has 0 fully saturated rings. The molecule has 1 atom stereocenters. The Balaban J connectivity index is 1.71. The molecule has 0 aliphatic carbocycles. The molecule has 4 aromatic rings. The fraction of sp³-hybridized carbons (Fsp3) is 0.160. The van der Waals surface area contributed by atoms with Gasteiger partial charge in [-0.15, -0.1) is 11.3 Å². The van der Waals surface area contributed by atoms with Crippen LogP contribution in [0.5, 0.6) is 0 Å². The summed E-state index contributed by atoms with van der Waals surface area (Å²) in [4.78, 5) is 31.0. The summed E-state index contributed by atoms with van der Waals surface area (Å²) in [7, 11) is 0. The van der Waals surface area contributed by atoms with Crippen molar-refractivity contribution >= 4 is 33.2 Å². The quantitative estimate of drug-likeness (QED) is 0.434. The third-order valence-corrected chi connectivity index (χ3v) is 6.13. The van der Waals surface area contributed by atoms with E-state index in [0.717, 1.165) is 26.9 Å². The van der Waals surface area contributed by atoms with Crippen molar-refractivity contribution in [3.63, 3.8) is 0 Å². The van der Waals surface area contributed by atoms with Crippen molar-refractivity contribution in [2.75, 3.05) is 0 Å². The largest absolute Gasteiger partial charge is 0.338 e. The first kappa shape index (κ1) is 20.9. The lowest BCUT2D eigenvalue weighted by Gasteiger charge is -2.18. The van der Waals surface area contributed by atoms with E-state index in [-0.39, 0.29) is 11.7 Å². The standard InChI is InChI=1S/C25H23N3O2S/c1-15-11-16(2)13-19(12-15)24(30)28-22(18-9-7-17(14-26)8-10-18)23(29)25-27-20-5-3-4-6-21(20)31-25/h3-13,22H,14,26H2,1-2H3,(H,28,30). The first-order valence-corrected chi connectivity index (χ1v) is 10.8. The number of rotatable bonds is 6. The maximum absolute atomic E-state index is 13.5. The van der Waals surface area contributed by atoms with Gasteiger partial charge in [-0.05, 0) is 49.2 Å². The van der Waals surface area contributed by atoms with E-state index in [4.69, 9.17) is 5.73 Å². The van der Waals surface area contributed by atoms with Gasteiger partial charge in [0.2, 0.25) is 5.78 Å². The third-order valence-electron chi connectivity index (χ3n) is 5.07. The third kappa shape index (κ3) is 4.55. The van der Waals surface area contributed by atoms with Gasteiger partial charge in [-0.2, -0.15) is 0 Å². The predicted octanol–water partition coefficient (Wildman–Crippen LogP) is 4.73. The van der Waals surface area contributed by atoms with Gasteiger partial charge in [-0.3, -0.25) is 9.59 Å². The molecule has 0 spiro atoms. The summed E-state index contributed by atoms with van der Waals surface area (Å²) >= 11 is 1.33. The first-order chi connectivity index (χ1) is 14.9. The minimum Gasteiger partial charge on any atom is -0.338 e. The molecule has 0 radical (unpaired) electrons. The average Bonchev–Trinajstić information content (AvgIpc) is 3.20. The van der Waals surface area contributed by atoms with E-state index in [9.17, 15) is 9.59 Å². The molecule has 4 rings (SSSR count). The minimum absolute atomic E-state index is 0.237. The van der Waals surface area contributed by atoms with E-state index in [1.54, 1.807) is 0 Å². The molecule has 0 saturated heterocycles. The van der Waals surface area contributed by atoms with E-state index >= 15 is 0 Å². The van der Waals surface area contributed by atoms with Crippen LogP contribution < -0.4 is 11.1 Å². The summed E-state index contributed by atoms with van der Waals surface area (Å²) in [6.07, 6.45) is 0. The van der Waals surface area contributed by atoms with Crippen LogP contribution in [0.25, 0.3) is 10.2 Å². The topological polar surface area (TPSA) is 85.1 Å². The first-order valence-electron chi connectivity index (χ1n) is 10.0. The fourth-order valence-corrected chi connectivity index (χ4v) is 4.50. The Kier molecular flexibility index (Phi) is 5.93. The number of aryl methyl sites for hydroxylation is 2. The zero-order valence-electron chi connectivity index (χ0n) is 17.4. The van der Waals surface area contributed by atoms with Gasteiger partial charge in [-0.25, -0.2) is 4.98 Å². The number of fused-ring (bicyclic) bond motifs is 1. The van der Waals surface area contributed by atoms with E-state index in [2.05, 4.69) is 10.3 Å². The lowest BCUT2D eigenvalue weighted by Crippen LogP contribution is -2.34. The van der Waals surface area contributed by atoms with Crippen LogP contribution in [0, 0.1) is 13.8 Å². The van der Waals surface area contributed by atoms with Crippen LogP contribution in [-0.2, 0) is 6.54 Å². The molecule has 0 aliphatic rings. The van der Waals surface area contributed by atoms with Gasteiger partial charge < -0.3 is 11.1 Å². The Bertz CT molecular complexity index is 1210. The predicted molar refractivity (Wildman–Crippen MR) is 124 cm³/mol. The van der Waals surface area contributed by atoms with Crippen molar-refractivity contribution in [3.05, 3.63) is 99.6 Å². The lowest BCUT2D eigenvalue weighted by molar-refractivity contribution is 0.0857. The summed E-state index contributed by atoms with van der Waals surface area (Å²) in [6.45, 7) is 4.30. The zero-order chi connectivity index (χ0) is 22.0. The van der Waals surface area contributed by atoms with Crippen LogP contribution in [-0.4, -0.2) is 16.7 Å². The Morgan fingerprint density at radius 3 is 2.32 bits per heavy atom. The Morgan fingerprint density at radius 1 is 1.00 bits per heavy atom. The molecule has 5 nitrogen and oxygen atoms in total. The van der Waals surface area contributed by atoms with E-state index in [1.807, 2.05) is 80.6 Å². The number of nitrogens with zero attached hydrogens (tertiary/aromatic N) is 1. The molecule has 0 saturated carbocycles. The molecule has 6 heteroatoms. The number of hydrogen-bond acceptors (Lipinski definition) is 5. The van der Waals surface area contributed by atoms with Crippen LogP contribution >= 0.6 is 11.3 Å². The van der Waals surface area contributed by atoms with Crippen LogP contribution in [0.2, 0.25) is 0 Å². The van der Waals surface area contributed by atoms with Gasteiger partial charge in [0.05, 0.1) is 10.2 Å². The van der Waals surface area contributed by atoms with Crippen molar-refractivity contribution in [2.24, 2.45) is 5.73 Å². The highest BCUT2D eigenvalue weighted by Crippen LogP contribution is 2.27. The van der Waals surface area contributed by atoms with Gasteiger partial charge in [-0.1, -0.05) is 53.6 Å². The molecule has 1 unspecified atom stereocenters. The summed E-state index contributed by atoms with van der Waals surface area (Å²) in [5.74, 6) is -0.534. The molecule has 3 aromatic carbocycles. The van der Waals surface area contributed by atoms with E-state index < -0.39 is 6.04 Å². The number of thiazole rings is 1. The van der Waals surface area contributed by atoms with Crippen molar-refractivity contribution in [3.8, 4) is 0 Å². The second kappa shape index (κ2) is 8.79. The highest BCUT2D eigenvalue weighted by molar-refractivity contribution is 7.20. The molecule has 31 heavy (non-hydrogen) atoms. The number of carbonyl (C=O) groups excluding carboxylic acids is 2. The molecular formula is C25H23N3O2S. The maximum atomic E-state index is 13.5. The van der Waals surface area contributed by atoms with E-state index in [1.165, 1.54) is 11.3 Å². The number of para-hydroxylation sites is 1. The summed E-state index contributed by atoms with van der Waals surface area (Å²) in [5.41, 5.74) is 10.6. The summed E-state index contributed by atoms with van der Waals surface area (Å²) < 4.78 is 0.934. The highest BCUT2D eigenvalue weighted by atomic mass is 32.1. The average molecular weight is 430 g/mol. The van der Waals surface area contributed by atoms with Crippen LogP contribution in [0.4, 0.5) is 0 Å². The molecular weight excluding hydrogens is 406 g/mol. The van der Waals surface area contributed by atoms with Crippen molar-refractivity contribution in [2.45, 2.75) is 26.4 Å². The summed E-state index contributed by atoms with van der Waals surface area (Å²) in [6, 6.07) is 19.8. The number of Topliss-reactive ketones (excluding diaryl/α,β-unsaturated/α-hetero) is 1. The normalized spacial score (nSPS) is 12.0. The van der Waals surface area contributed by atoms with Gasteiger partial charge in [0.25, 0.3) is 5.91 Å². The van der Waals surface area contributed by atoms with Gasteiger partial charge in [0.15, 0.2) is 5.01 Å². The number of amides is 1. The number of benzene rings is 3. The summed E-state index contributed by atoms with van der Waals surface area (Å²) in [5, 5.41) is 3.30. The smallest absolute Gasteiger partial charge is 0.252 e. The zero-order valence-corrected chi connectivity index (χ0v) is 18.2. The molecule has 156 valence electrons. The SMILES string of the molecule is Cc1cc(C)cc(C(=O)NC(C(=O)c2nc3ccccc3s2)c2ccc(CN)cc2)c1. The Hall–Kier alpha value is -3.35. The number of nitrogens with one attached hydrogen (secondary N) is 1. The van der Waals surface area contributed by atoms with Gasteiger partial charge in [0, 0.05) is 12.1 Å². The Labute approximate surface area is 184 Å². The van der Waals surface area contributed by atoms with E-state index in [0.29, 0.717) is 22.7 Å². The number of hydrogen-bond donors (Lipinski definition) is 2. The second-order valence-electron chi connectivity index (χ2n) is 7.58. The van der Waals surface area contributed by atoms with Crippen molar-refractivity contribution in [1.82, 2.24) is 10.3 Å².